The Kier molecular flexibility index (Phi) is 11.7. The number of anilines is 1. The molecule has 0 radical (unpaired) electrons. The van der Waals surface area contributed by atoms with Crippen LogP contribution in [0.2, 0.25) is 0 Å². The maximum absolute atomic E-state index is 13.8. The number of likely N-dealkylation sites (tertiary alicyclic amines) is 1. The first kappa shape index (κ1) is 29.1. The Bertz CT molecular complexity index is 1000. The second kappa shape index (κ2) is 14.5. The molecule has 1 saturated heterocycles. The summed E-state index contributed by atoms with van der Waals surface area (Å²) < 4.78 is 13.8. The Morgan fingerprint density at radius 3 is 2.47 bits per heavy atom. The predicted octanol–water partition coefficient (Wildman–Crippen LogP) is 4.68. The SMILES string of the molecule is CCC(C=O)CCCC(C)N.CN1CCC(c2ccccc2)C1C(=O)Nc1ccc(C(=O)O)c(F)c1. The fourth-order valence-corrected chi connectivity index (χ4v) is 4.43. The van der Waals surface area contributed by atoms with Crippen LogP contribution in [-0.2, 0) is 9.59 Å². The minimum atomic E-state index is -1.34. The maximum Gasteiger partial charge on any atom is 0.338 e. The highest BCUT2D eigenvalue weighted by Crippen LogP contribution is 2.33. The van der Waals surface area contributed by atoms with Crippen molar-refractivity contribution in [2.45, 2.75) is 64.0 Å². The molecular formula is C28H38FN3O4. The van der Waals surface area contributed by atoms with Crippen molar-refractivity contribution in [2.24, 2.45) is 11.7 Å². The van der Waals surface area contributed by atoms with E-state index < -0.39 is 17.3 Å². The average Bonchev–Trinajstić information content (AvgIpc) is 3.24. The topological polar surface area (TPSA) is 113 Å². The smallest absolute Gasteiger partial charge is 0.338 e. The number of nitrogens with zero attached hydrogens (tertiary/aromatic N) is 1. The van der Waals surface area contributed by atoms with Gasteiger partial charge in [0.2, 0.25) is 5.91 Å². The number of nitrogens with one attached hydrogen (secondary N) is 1. The van der Waals surface area contributed by atoms with Gasteiger partial charge in [-0.15, -0.1) is 0 Å². The average molecular weight is 500 g/mol. The van der Waals surface area contributed by atoms with Gasteiger partial charge in [-0.05, 0) is 70.0 Å². The van der Waals surface area contributed by atoms with Crippen LogP contribution in [0.15, 0.2) is 48.5 Å². The van der Waals surface area contributed by atoms with Gasteiger partial charge in [-0.25, -0.2) is 9.18 Å². The van der Waals surface area contributed by atoms with Gasteiger partial charge in [-0.1, -0.05) is 43.7 Å². The van der Waals surface area contributed by atoms with Crippen LogP contribution in [0.4, 0.5) is 10.1 Å². The van der Waals surface area contributed by atoms with Crippen molar-refractivity contribution in [3.8, 4) is 0 Å². The molecule has 7 nitrogen and oxygen atoms in total. The van der Waals surface area contributed by atoms with E-state index >= 15 is 0 Å². The van der Waals surface area contributed by atoms with Crippen molar-refractivity contribution >= 4 is 23.9 Å². The second-order valence-corrected chi connectivity index (χ2v) is 9.43. The molecule has 4 unspecified atom stereocenters. The fraction of sp³-hybridized carbons (Fsp3) is 0.464. The standard InChI is InChI=1S/C19H19FN2O3.C9H19NO/c1-22-10-9-14(12-5-3-2-4-6-12)17(22)18(23)21-13-7-8-15(19(24)25)16(20)11-13;1-3-9(7-11)6-4-5-8(2)10/h2-8,11,14,17H,9-10H2,1H3,(H,21,23)(H,24,25);7-9H,3-6,10H2,1-2H3. The summed E-state index contributed by atoms with van der Waals surface area (Å²) in [6, 6.07) is 13.3. The minimum absolute atomic E-state index is 0.0642. The van der Waals surface area contributed by atoms with E-state index in [1.54, 1.807) is 0 Å². The van der Waals surface area contributed by atoms with Crippen LogP contribution >= 0.6 is 0 Å². The molecule has 0 aromatic heterocycles. The quantitative estimate of drug-likeness (QED) is 0.409. The molecule has 0 aliphatic carbocycles. The molecule has 36 heavy (non-hydrogen) atoms. The number of benzene rings is 2. The van der Waals surface area contributed by atoms with Crippen LogP contribution in [0, 0.1) is 11.7 Å². The Balaban J connectivity index is 0.000000352. The van der Waals surface area contributed by atoms with Crippen LogP contribution in [0.3, 0.4) is 0 Å². The predicted molar refractivity (Wildman–Crippen MR) is 140 cm³/mol. The molecule has 196 valence electrons. The van der Waals surface area contributed by atoms with Crippen LogP contribution < -0.4 is 11.1 Å². The summed E-state index contributed by atoms with van der Waals surface area (Å²) in [7, 11) is 1.89. The van der Waals surface area contributed by atoms with Crippen LogP contribution in [-0.4, -0.2) is 53.8 Å². The lowest BCUT2D eigenvalue weighted by Crippen LogP contribution is -2.40. The Labute approximate surface area is 212 Å². The molecule has 1 aliphatic rings. The first-order chi connectivity index (χ1) is 17.2. The van der Waals surface area contributed by atoms with E-state index in [1.807, 2.05) is 56.1 Å². The number of hydrogen-bond acceptors (Lipinski definition) is 5. The number of halogens is 1. The molecule has 8 heteroatoms. The minimum Gasteiger partial charge on any atom is -0.478 e. The third-order valence-electron chi connectivity index (χ3n) is 6.56. The monoisotopic (exact) mass is 499 g/mol. The van der Waals surface area contributed by atoms with Gasteiger partial charge in [0.25, 0.3) is 0 Å². The number of carboxylic acids is 1. The van der Waals surface area contributed by atoms with Crippen molar-refractivity contribution in [1.82, 2.24) is 4.90 Å². The number of hydrogen-bond donors (Lipinski definition) is 3. The van der Waals surface area contributed by atoms with Crippen molar-refractivity contribution < 1.29 is 23.9 Å². The van der Waals surface area contributed by atoms with Crippen molar-refractivity contribution in [2.75, 3.05) is 18.9 Å². The van der Waals surface area contributed by atoms with Crippen LogP contribution in [0.5, 0.6) is 0 Å². The molecule has 2 aromatic rings. The number of rotatable bonds is 10. The zero-order chi connectivity index (χ0) is 26.7. The molecule has 0 spiro atoms. The molecule has 0 bridgehead atoms. The fourth-order valence-electron chi connectivity index (χ4n) is 4.43. The number of aromatic carboxylic acids is 1. The van der Waals surface area contributed by atoms with E-state index in [9.17, 15) is 18.8 Å². The zero-order valence-electron chi connectivity index (χ0n) is 21.3. The van der Waals surface area contributed by atoms with Gasteiger partial charge in [-0.3, -0.25) is 9.69 Å². The van der Waals surface area contributed by atoms with Gasteiger partial charge >= 0.3 is 5.97 Å². The number of aldehydes is 1. The molecular weight excluding hydrogens is 461 g/mol. The highest BCUT2D eigenvalue weighted by molar-refractivity contribution is 5.96. The molecule has 0 saturated carbocycles. The Morgan fingerprint density at radius 1 is 1.22 bits per heavy atom. The van der Waals surface area contributed by atoms with E-state index in [1.165, 1.54) is 6.07 Å². The summed E-state index contributed by atoms with van der Waals surface area (Å²) in [5.41, 5.74) is 6.50. The number of nitrogens with two attached hydrogens (primary N) is 1. The summed E-state index contributed by atoms with van der Waals surface area (Å²) in [5.74, 6) is -2.11. The molecule has 1 amide bonds. The lowest BCUT2D eigenvalue weighted by Gasteiger charge is -2.24. The van der Waals surface area contributed by atoms with E-state index in [4.69, 9.17) is 10.8 Å². The number of carboxylic acid groups (broad SMARTS) is 1. The molecule has 4 N–H and O–H groups in total. The van der Waals surface area contributed by atoms with Crippen LogP contribution in [0.25, 0.3) is 0 Å². The lowest BCUT2D eigenvalue weighted by molar-refractivity contribution is -0.120. The summed E-state index contributed by atoms with van der Waals surface area (Å²) in [4.78, 5) is 36.0. The Morgan fingerprint density at radius 2 is 1.92 bits per heavy atom. The molecule has 2 aromatic carbocycles. The number of likely N-dealkylation sites (N-methyl/N-ethyl adjacent to an activating group) is 1. The summed E-state index contributed by atoms with van der Waals surface area (Å²) in [5, 5.41) is 11.6. The normalized spacial score (nSPS) is 19.0. The van der Waals surface area contributed by atoms with E-state index in [-0.39, 0.29) is 35.5 Å². The third-order valence-corrected chi connectivity index (χ3v) is 6.56. The van der Waals surface area contributed by atoms with Gasteiger partial charge in [0.1, 0.15) is 12.1 Å². The van der Waals surface area contributed by atoms with Gasteiger partial charge in [0.05, 0.1) is 11.6 Å². The first-order valence-corrected chi connectivity index (χ1v) is 12.5. The van der Waals surface area contributed by atoms with Gasteiger partial charge in [-0.2, -0.15) is 0 Å². The van der Waals surface area contributed by atoms with Crippen LogP contribution in [0.1, 0.15) is 67.8 Å². The zero-order valence-corrected chi connectivity index (χ0v) is 21.3. The largest absolute Gasteiger partial charge is 0.478 e. The van der Waals surface area contributed by atoms with Crippen molar-refractivity contribution in [3.05, 3.63) is 65.5 Å². The summed E-state index contributed by atoms with van der Waals surface area (Å²) in [6.45, 7) is 4.84. The molecule has 1 aliphatic heterocycles. The summed E-state index contributed by atoms with van der Waals surface area (Å²) in [6.07, 6.45) is 6.00. The molecule has 4 atom stereocenters. The van der Waals surface area contributed by atoms with E-state index in [0.29, 0.717) is 0 Å². The molecule has 1 heterocycles. The summed E-state index contributed by atoms with van der Waals surface area (Å²) >= 11 is 0. The number of carbonyl (C=O) groups excluding carboxylic acids is 2. The lowest BCUT2D eigenvalue weighted by atomic mass is 9.91. The van der Waals surface area contributed by atoms with Gasteiger partial charge < -0.3 is 21.0 Å². The van der Waals surface area contributed by atoms with E-state index in [0.717, 1.165) is 62.6 Å². The highest BCUT2D eigenvalue weighted by Gasteiger charge is 2.38. The molecule has 3 rings (SSSR count). The first-order valence-electron chi connectivity index (χ1n) is 12.5. The Hall–Kier alpha value is -3.10. The maximum atomic E-state index is 13.8. The molecule has 1 fully saturated rings. The van der Waals surface area contributed by atoms with Crippen molar-refractivity contribution in [1.29, 1.82) is 0 Å². The van der Waals surface area contributed by atoms with Crippen molar-refractivity contribution in [3.63, 3.8) is 0 Å². The second-order valence-electron chi connectivity index (χ2n) is 9.43. The van der Waals surface area contributed by atoms with Gasteiger partial charge in [0.15, 0.2) is 0 Å². The van der Waals surface area contributed by atoms with Gasteiger partial charge in [0, 0.05) is 23.6 Å². The third kappa shape index (κ3) is 8.53. The number of amides is 1. The van der Waals surface area contributed by atoms with E-state index in [2.05, 4.69) is 5.32 Å². The highest BCUT2D eigenvalue weighted by atomic mass is 19.1. The number of carbonyl (C=O) groups is 3.